The maximum Gasteiger partial charge on any atom is 0.354 e. The predicted molar refractivity (Wildman–Crippen MR) is 66.4 cm³/mol. The first kappa shape index (κ1) is 11.6. The van der Waals surface area contributed by atoms with Gasteiger partial charge in [0.15, 0.2) is 0 Å². The van der Waals surface area contributed by atoms with Crippen molar-refractivity contribution >= 4 is 17.6 Å². The number of aromatic nitrogens is 1. The second-order valence-electron chi connectivity index (χ2n) is 3.73. The average Bonchev–Trinajstić information content (AvgIpc) is 2.29. The highest BCUT2D eigenvalue weighted by molar-refractivity contribution is 6.31. The summed E-state index contributed by atoms with van der Waals surface area (Å²) in [5.41, 5.74) is 2.50. The summed E-state index contributed by atoms with van der Waals surface area (Å²) in [6.45, 7) is 1.98. The molecule has 0 aliphatic carbocycles. The van der Waals surface area contributed by atoms with Gasteiger partial charge in [0.05, 0.1) is 5.69 Å². The van der Waals surface area contributed by atoms with Crippen LogP contribution in [0.3, 0.4) is 0 Å². The molecular formula is C13H10ClNO2. The lowest BCUT2D eigenvalue weighted by Crippen LogP contribution is -2.01. The van der Waals surface area contributed by atoms with E-state index in [0.29, 0.717) is 10.7 Å². The molecule has 0 unspecified atom stereocenters. The quantitative estimate of drug-likeness (QED) is 0.885. The highest BCUT2D eigenvalue weighted by Gasteiger charge is 2.09. The lowest BCUT2D eigenvalue weighted by atomic mass is 10.1. The number of aryl methyl sites for hydroxylation is 1. The van der Waals surface area contributed by atoms with E-state index < -0.39 is 5.97 Å². The van der Waals surface area contributed by atoms with Gasteiger partial charge in [0, 0.05) is 10.6 Å². The molecular weight excluding hydrogens is 238 g/mol. The van der Waals surface area contributed by atoms with E-state index in [2.05, 4.69) is 4.98 Å². The molecule has 1 aromatic heterocycles. The van der Waals surface area contributed by atoms with Crippen LogP contribution in [0.4, 0.5) is 0 Å². The zero-order valence-corrected chi connectivity index (χ0v) is 9.90. The Morgan fingerprint density at radius 2 is 1.88 bits per heavy atom. The molecule has 2 rings (SSSR count). The van der Waals surface area contributed by atoms with Crippen molar-refractivity contribution in [3.8, 4) is 11.3 Å². The average molecular weight is 248 g/mol. The minimum Gasteiger partial charge on any atom is -0.477 e. The van der Waals surface area contributed by atoms with Crippen LogP contribution in [0.25, 0.3) is 11.3 Å². The molecule has 4 heteroatoms. The van der Waals surface area contributed by atoms with Crippen LogP contribution in [0.15, 0.2) is 36.4 Å². The van der Waals surface area contributed by atoms with Crippen LogP contribution in [-0.4, -0.2) is 16.1 Å². The summed E-state index contributed by atoms with van der Waals surface area (Å²) in [6, 6.07) is 10.6. The van der Waals surface area contributed by atoms with E-state index in [4.69, 9.17) is 16.7 Å². The van der Waals surface area contributed by atoms with Crippen LogP contribution in [0.5, 0.6) is 0 Å². The Hall–Kier alpha value is -1.87. The van der Waals surface area contributed by atoms with E-state index >= 15 is 0 Å². The van der Waals surface area contributed by atoms with Gasteiger partial charge in [-0.25, -0.2) is 9.78 Å². The van der Waals surface area contributed by atoms with Gasteiger partial charge in [0.25, 0.3) is 0 Å². The molecule has 0 saturated heterocycles. The lowest BCUT2D eigenvalue weighted by Gasteiger charge is -2.04. The van der Waals surface area contributed by atoms with Crippen molar-refractivity contribution in [1.82, 2.24) is 4.98 Å². The largest absolute Gasteiger partial charge is 0.477 e. The van der Waals surface area contributed by atoms with Crippen molar-refractivity contribution in [2.75, 3.05) is 0 Å². The van der Waals surface area contributed by atoms with E-state index in [1.54, 1.807) is 6.07 Å². The Labute approximate surface area is 104 Å². The topological polar surface area (TPSA) is 50.2 Å². The Bertz CT molecular complexity index is 564. The van der Waals surface area contributed by atoms with Crippen LogP contribution in [0.2, 0.25) is 5.02 Å². The molecule has 0 radical (unpaired) electrons. The highest BCUT2D eigenvalue weighted by Crippen LogP contribution is 2.22. The Morgan fingerprint density at radius 1 is 1.24 bits per heavy atom. The molecule has 0 spiro atoms. The number of pyridine rings is 1. The van der Waals surface area contributed by atoms with E-state index in [-0.39, 0.29) is 5.69 Å². The fraction of sp³-hybridized carbons (Fsp3) is 0.0769. The number of hydrogen-bond acceptors (Lipinski definition) is 2. The predicted octanol–water partition coefficient (Wildman–Crippen LogP) is 3.41. The second kappa shape index (κ2) is 4.55. The Balaban J connectivity index is 2.51. The zero-order valence-electron chi connectivity index (χ0n) is 9.14. The van der Waals surface area contributed by atoms with Gasteiger partial charge in [-0.1, -0.05) is 41.4 Å². The van der Waals surface area contributed by atoms with Crippen LogP contribution >= 0.6 is 11.6 Å². The lowest BCUT2D eigenvalue weighted by molar-refractivity contribution is 0.0690. The Kier molecular flexibility index (Phi) is 3.11. The number of carboxylic acid groups (broad SMARTS) is 1. The molecule has 0 aliphatic rings. The van der Waals surface area contributed by atoms with E-state index in [1.165, 1.54) is 6.07 Å². The molecule has 0 aliphatic heterocycles. The highest BCUT2D eigenvalue weighted by atomic mass is 35.5. The fourth-order valence-corrected chi connectivity index (χ4v) is 1.69. The zero-order chi connectivity index (χ0) is 12.4. The molecule has 0 fully saturated rings. The molecule has 3 nitrogen and oxygen atoms in total. The summed E-state index contributed by atoms with van der Waals surface area (Å²) < 4.78 is 0. The van der Waals surface area contributed by atoms with Gasteiger partial charge in [-0.2, -0.15) is 0 Å². The molecule has 1 aromatic carbocycles. The van der Waals surface area contributed by atoms with Gasteiger partial charge in [-0.15, -0.1) is 0 Å². The van der Waals surface area contributed by atoms with Gasteiger partial charge < -0.3 is 5.11 Å². The molecule has 0 saturated carbocycles. The Morgan fingerprint density at radius 3 is 2.47 bits per heavy atom. The molecule has 0 atom stereocenters. The minimum atomic E-state index is -1.08. The number of rotatable bonds is 2. The SMILES string of the molecule is Cc1ccc(-c2cc(Cl)cc(C(=O)O)n2)cc1. The fourth-order valence-electron chi connectivity index (χ4n) is 1.48. The van der Waals surface area contributed by atoms with Crippen LogP contribution in [0.1, 0.15) is 16.1 Å². The standard InChI is InChI=1S/C13H10ClNO2/c1-8-2-4-9(5-3-8)11-6-10(14)7-12(15-11)13(16)17/h2-7H,1H3,(H,16,17). The molecule has 1 heterocycles. The van der Waals surface area contributed by atoms with Crippen LogP contribution < -0.4 is 0 Å². The number of hydrogen-bond donors (Lipinski definition) is 1. The minimum absolute atomic E-state index is 0.0481. The first-order valence-corrected chi connectivity index (χ1v) is 5.42. The van der Waals surface area contributed by atoms with Gasteiger partial charge in [0.2, 0.25) is 0 Å². The molecule has 86 valence electrons. The first-order chi connectivity index (χ1) is 8.06. The third kappa shape index (κ3) is 2.63. The van der Waals surface area contributed by atoms with Crippen molar-refractivity contribution in [3.05, 3.63) is 52.7 Å². The van der Waals surface area contributed by atoms with Crippen molar-refractivity contribution in [3.63, 3.8) is 0 Å². The molecule has 0 amide bonds. The van der Waals surface area contributed by atoms with Crippen LogP contribution in [0, 0.1) is 6.92 Å². The molecule has 17 heavy (non-hydrogen) atoms. The van der Waals surface area contributed by atoms with Crippen molar-refractivity contribution in [2.24, 2.45) is 0 Å². The number of carbonyl (C=O) groups is 1. The first-order valence-electron chi connectivity index (χ1n) is 5.04. The molecule has 2 aromatic rings. The number of aromatic carboxylic acids is 1. The third-order valence-corrected chi connectivity index (χ3v) is 2.57. The number of halogens is 1. The van der Waals surface area contributed by atoms with Crippen molar-refractivity contribution in [1.29, 1.82) is 0 Å². The summed E-state index contributed by atoms with van der Waals surface area (Å²) in [6.07, 6.45) is 0. The van der Waals surface area contributed by atoms with Crippen molar-refractivity contribution < 1.29 is 9.90 Å². The maximum absolute atomic E-state index is 10.9. The number of carboxylic acids is 1. The maximum atomic E-state index is 10.9. The van der Waals surface area contributed by atoms with E-state index in [9.17, 15) is 4.79 Å². The summed E-state index contributed by atoms with van der Waals surface area (Å²) in [5, 5.41) is 9.27. The number of benzene rings is 1. The van der Waals surface area contributed by atoms with Gasteiger partial charge in [0.1, 0.15) is 5.69 Å². The normalized spacial score (nSPS) is 10.2. The molecule has 1 N–H and O–H groups in total. The monoisotopic (exact) mass is 247 g/mol. The molecule has 0 bridgehead atoms. The summed E-state index contributed by atoms with van der Waals surface area (Å²) in [5.74, 6) is -1.08. The van der Waals surface area contributed by atoms with Gasteiger partial charge in [-0.3, -0.25) is 0 Å². The van der Waals surface area contributed by atoms with Gasteiger partial charge >= 0.3 is 5.97 Å². The summed E-state index contributed by atoms with van der Waals surface area (Å²) in [4.78, 5) is 14.9. The summed E-state index contributed by atoms with van der Waals surface area (Å²) >= 11 is 5.87. The number of nitrogens with zero attached hydrogens (tertiary/aromatic N) is 1. The summed E-state index contributed by atoms with van der Waals surface area (Å²) in [7, 11) is 0. The second-order valence-corrected chi connectivity index (χ2v) is 4.16. The van der Waals surface area contributed by atoms with E-state index in [0.717, 1.165) is 11.1 Å². The third-order valence-electron chi connectivity index (χ3n) is 2.36. The smallest absolute Gasteiger partial charge is 0.354 e. The van der Waals surface area contributed by atoms with Gasteiger partial charge in [-0.05, 0) is 19.1 Å². The van der Waals surface area contributed by atoms with Crippen molar-refractivity contribution in [2.45, 2.75) is 6.92 Å². The van der Waals surface area contributed by atoms with Crippen LogP contribution in [-0.2, 0) is 0 Å². The van der Waals surface area contributed by atoms with E-state index in [1.807, 2.05) is 31.2 Å².